The minimum absolute atomic E-state index is 0.419. The summed E-state index contributed by atoms with van der Waals surface area (Å²) in [6.45, 7) is 8.55. The molecule has 3 nitrogen and oxygen atoms in total. The molecule has 1 N–H and O–H groups in total. The minimum Gasteiger partial charge on any atom is -0.389 e. The van der Waals surface area contributed by atoms with Gasteiger partial charge in [0, 0.05) is 19.3 Å². The SMILES string of the molecule is C[C@H](O)c1ccnc(N2CCC(C)(C)CC2)c1. The zero-order chi connectivity index (χ0) is 12.5. The van der Waals surface area contributed by atoms with Crippen molar-refractivity contribution < 1.29 is 5.11 Å². The standard InChI is InChI=1S/C14H22N2O/c1-11(17)12-4-7-15-13(10-12)16-8-5-14(2,3)6-9-16/h4,7,10-11,17H,5-6,8-9H2,1-3H3/t11-/m0/s1. The summed E-state index contributed by atoms with van der Waals surface area (Å²) < 4.78 is 0. The van der Waals surface area contributed by atoms with Gasteiger partial charge in [-0.2, -0.15) is 0 Å². The Morgan fingerprint density at radius 2 is 2.00 bits per heavy atom. The second kappa shape index (κ2) is 4.65. The molecule has 1 saturated heterocycles. The second-order valence-electron chi connectivity index (χ2n) is 5.77. The highest BCUT2D eigenvalue weighted by Gasteiger charge is 2.25. The smallest absolute Gasteiger partial charge is 0.128 e. The summed E-state index contributed by atoms with van der Waals surface area (Å²) in [4.78, 5) is 6.72. The van der Waals surface area contributed by atoms with Crippen molar-refractivity contribution in [1.82, 2.24) is 4.98 Å². The molecule has 1 aromatic heterocycles. The van der Waals surface area contributed by atoms with Crippen LogP contribution in [0.15, 0.2) is 18.3 Å². The Bertz CT molecular complexity index is 378. The predicted octanol–water partition coefficient (Wildman–Crippen LogP) is 2.76. The van der Waals surface area contributed by atoms with E-state index >= 15 is 0 Å². The van der Waals surface area contributed by atoms with Crippen LogP contribution in [0.5, 0.6) is 0 Å². The number of rotatable bonds is 2. The fourth-order valence-corrected chi connectivity index (χ4v) is 2.21. The zero-order valence-electron chi connectivity index (χ0n) is 11.0. The molecular weight excluding hydrogens is 212 g/mol. The van der Waals surface area contributed by atoms with Crippen LogP contribution in [0.2, 0.25) is 0 Å². The molecule has 0 aliphatic carbocycles. The van der Waals surface area contributed by atoms with Crippen molar-refractivity contribution in [3.8, 4) is 0 Å². The topological polar surface area (TPSA) is 36.4 Å². The molecule has 2 rings (SSSR count). The Balaban J connectivity index is 2.10. The first-order chi connectivity index (χ1) is 7.98. The predicted molar refractivity (Wildman–Crippen MR) is 70.1 cm³/mol. The lowest BCUT2D eigenvalue weighted by atomic mass is 9.83. The van der Waals surface area contributed by atoms with Crippen molar-refractivity contribution in [3.63, 3.8) is 0 Å². The maximum absolute atomic E-state index is 9.58. The van der Waals surface area contributed by atoms with Crippen LogP contribution in [0.25, 0.3) is 0 Å². The third kappa shape index (κ3) is 2.97. The molecular formula is C14H22N2O. The van der Waals surface area contributed by atoms with Gasteiger partial charge in [0.25, 0.3) is 0 Å². The number of nitrogens with zero attached hydrogens (tertiary/aromatic N) is 2. The van der Waals surface area contributed by atoms with Gasteiger partial charge in [-0.05, 0) is 42.9 Å². The average Bonchev–Trinajstić information content (AvgIpc) is 2.29. The molecule has 0 aromatic carbocycles. The maximum Gasteiger partial charge on any atom is 0.128 e. The van der Waals surface area contributed by atoms with E-state index in [0.29, 0.717) is 5.41 Å². The van der Waals surface area contributed by atoms with E-state index in [-0.39, 0.29) is 0 Å². The van der Waals surface area contributed by atoms with Crippen LogP contribution in [0.3, 0.4) is 0 Å². The monoisotopic (exact) mass is 234 g/mol. The van der Waals surface area contributed by atoms with Gasteiger partial charge in [-0.25, -0.2) is 4.98 Å². The molecule has 0 radical (unpaired) electrons. The molecule has 1 atom stereocenters. The molecule has 1 fully saturated rings. The summed E-state index contributed by atoms with van der Waals surface area (Å²) >= 11 is 0. The van der Waals surface area contributed by atoms with E-state index in [4.69, 9.17) is 0 Å². The zero-order valence-corrected chi connectivity index (χ0v) is 11.0. The van der Waals surface area contributed by atoms with Gasteiger partial charge in [0.15, 0.2) is 0 Å². The Labute approximate surface area is 103 Å². The fraction of sp³-hybridized carbons (Fsp3) is 0.643. The first kappa shape index (κ1) is 12.4. The maximum atomic E-state index is 9.58. The van der Waals surface area contributed by atoms with Gasteiger partial charge in [-0.3, -0.25) is 0 Å². The number of hydrogen-bond acceptors (Lipinski definition) is 3. The van der Waals surface area contributed by atoms with Crippen molar-refractivity contribution >= 4 is 5.82 Å². The normalized spacial score (nSPS) is 21.3. The Kier molecular flexibility index (Phi) is 3.38. The largest absolute Gasteiger partial charge is 0.389 e. The van der Waals surface area contributed by atoms with E-state index in [1.165, 1.54) is 12.8 Å². The number of aliphatic hydroxyl groups excluding tert-OH is 1. The Hall–Kier alpha value is -1.09. The molecule has 0 bridgehead atoms. The lowest BCUT2D eigenvalue weighted by molar-refractivity contribution is 0.199. The van der Waals surface area contributed by atoms with Crippen molar-refractivity contribution in [2.45, 2.75) is 39.7 Å². The summed E-state index contributed by atoms with van der Waals surface area (Å²) in [6, 6.07) is 3.88. The van der Waals surface area contributed by atoms with Crippen molar-refractivity contribution in [2.24, 2.45) is 5.41 Å². The number of hydrogen-bond donors (Lipinski definition) is 1. The molecule has 1 aromatic rings. The van der Waals surface area contributed by atoms with Crippen LogP contribution in [0.4, 0.5) is 5.82 Å². The van der Waals surface area contributed by atoms with E-state index < -0.39 is 6.10 Å². The number of anilines is 1. The van der Waals surface area contributed by atoms with Gasteiger partial charge in [-0.1, -0.05) is 13.8 Å². The molecule has 3 heteroatoms. The Morgan fingerprint density at radius 1 is 1.35 bits per heavy atom. The van der Waals surface area contributed by atoms with Gasteiger partial charge >= 0.3 is 0 Å². The highest BCUT2D eigenvalue weighted by atomic mass is 16.3. The molecule has 2 heterocycles. The van der Waals surface area contributed by atoms with Gasteiger partial charge < -0.3 is 10.0 Å². The summed E-state index contributed by atoms with van der Waals surface area (Å²) in [7, 11) is 0. The van der Waals surface area contributed by atoms with Crippen LogP contribution in [0.1, 0.15) is 45.3 Å². The van der Waals surface area contributed by atoms with Gasteiger partial charge in [0.1, 0.15) is 5.82 Å². The van der Waals surface area contributed by atoms with Gasteiger partial charge in [0.05, 0.1) is 6.10 Å². The van der Waals surface area contributed by atoms with Crippen molar-refractivity contribution in [3.05, 3.63) is 23.9 Å². The molecule has 0 unspecified atom stereocenters. The lowest BCUT2D eigenvalue weighted by Crippen LogP contribution is -2.37. The number of piperidine rings is 1. The highest BCUT2D eigenvalue weighted by molar-refractivity contribution is 5.42. The van der Waals surface area contributed by atoms with Crippen LogP contribution in [-0.4, -0.2) is 23.2 Å². The summed E-state index contributed by atoms with van der Waals surface area (Å²) in [5, 5.41) is 9.58. The van der Waals surface area contributed by atoms with Crippen LogP contribution >= 0.6 is 0 Å². The number of pyridine rings is 1. The van der Waals surface area contributed by atoms with E-state index in [0.717, 1.165) is 24.5 Å². The third-order valence-corrected chi connectivity index (χ3v) is 3.69. The van der Waals surface area contributed by atoms with E-state index in [1.807, 2.05) is 12.1 Å². The lowest BCUT2D eigenvalue weighted by Gasteiger charge is -2.37. The average molecular weight is 234 g/mol. The Morgan fingerprint density at radius 3 is 2.59 bits per heavy atom. The third-order valence-electron chi connectivity index (χ3n) is 3.69. The molecule has 0 amide bonds. The highest BCUT2D eigenvalue weighted by Crippen LogP contribution is 2.31. The molecule has 0 spiro atoms. The van der Waals surface area contributed by atoms with Gasteiger partial charge in [-0.15, -0.1) is 0 Å². The van der Waals surface area contributed by atoms with Crippen LogP contribution in [0, 0.1) is 5.41 Å². The molecule has 94 valence electrons. The van der Waals surface area contributed by atoms with Gasteiger partial charge in [0.2, 0.25) is 0 Å². The van der Waals surface area contributed by atoms with Crippen molar-refractivity contribution in [2.75, 3.05) is 18.0 Å². The summed E-state index contributed by atoms with van der Waals surface area (Å²) in [5.41, 5.74) is 1.40. The minimum atomic E-state index is -0.419. The van der Waals surface area contributed by atoms with E-state index in [9.17, 15) is 5.11 Å². The molecule has 17 heavy (non-hydrogen) atoms. The van der Waals surface area contributed by atoms with E-state index in [1.54, 1.807) is 13.1 Å². The van der Waals surface area contributed by atoms with Crippen LogP contribution < -0.4 is 4.90 Å². The van der Waals surface area contributed by atoms with E-state index in [2.05, 4.69) is 23.7 Å². The van der Waals surface area contributed by atoms with Crippen LogP contribution in [-0.2, 0) is 0 Å². The first-order valence-corrected chi connectivity index (χ1v) is 6.37. The summed E-state index contributed by atoms with van der Waals surface area (Å²) in [5.74, 6) is 0.999. The molecule has 1 aliphatic rings. The van der Waals surface area contributed by atoms with Crippen molar-refractivity contribution in [1.29, 1.82) is 0 Å². The quantitative estimate of drug-likeness (QED) is 0.854. The number of aromatic nitrogens is 1. The fourth-order valence-electron chi connectivity index (χ4n) is 2.21. The molecule has 1 aliphatic heterocycles. The second-order valence-corrected chi connectivity index (χ2v) is 5.77. The summed E-state index contributed by atoms with van der Waals surface area (Å²) in [6.07, 6.45) is 3.77. The number of aliphatic hydroxyl groups is 1. The first-order valence-electron chi connectivity index (χ1n) is 6.37. The molecule has 0 saturated carbocycles.